The van der Waals surface area contributed by atoms with E-state index in [0.29, 0.717) is 30.7 Å². The summed E-state index contributed by atoms with van der Waals surface area (Å²) >= 11 is 3.68. The minimum Gasteiger partial charge on any atom is -0.497 e. The summed E-state index contributed by atoms with van der Waals surface area (Å²) in [7, 11) is 1.57. The number of hydrogen-bond donors (Lipinski definition) is 1. The molecule has 3 aliphatic heterocycles. The van der Waals surface area contributed by atoms with Crippen LogP contribution in [0.4, 0.5) is 5.69 Å². The Hall–Kier alpha value is -2.69. The summed E-state index contributed by atoms with van der Waals surface area (Å²) in [6.45, 7) is 11.4. The zero-order chi connectivity index (χ0) is 29.2. The third-order valence-electron chi connectivity index (χ3n) is 8.61. The Labute approximate surface area is 244 Å². The molecule has 2 bridgehead atoms. The quantitative estimate of drug-likeness (QED) is 0.156. The monoisotopic (exact) mass is 618 g/mol. The van der Waals surface area contributed by atoms with Gasteiger partial charge in [0.2, 0.25) is 5.91 Å². The van der Waals surface area contributed by atoms with Crippen molar-refractivity contribution < 1.29 is 33.7 Å². The summed E-state index contributed by atoms with van der Waals surface area (Å²) in [6.07, 6.45) is 4.18. The lowest BCUT2D eigenvalue weighted by molar-refractivity contribution is -0.156. The van der Waals surface area contributed by atoms with Gasteiger partial charge in [-0.2, -0.15) is 0 Å². The lowest BCUT2D eigenvalue weighted by Gasteiger charge is -2.41. The van der Waals surface area contributed by atoms with E-state index in [1.165, 1.54) is 4.90 Å². The fourth-order valence-corrected chi connectivity index (χ4v) is 7.43. The molecule has 3 fully saturated rings. The van der Waals surface area contributed by atoms with E-state index in [-0.39, 0.29) is 42.3 Å². The Balaban J connectivity index is 1.82. The molecule has 10 heteroatoms. The van der Waals surface area contributed by atoms with Gasteiger partial charge in [-0.3, -0.25) is 14.4 Å². The summed E-state index contributed by atoms with van der Waals surface area (Å²) in [4.78, 5) is 45.2. The van der Waals surface area contributed by atoms with E-state index in [1.807, 2.05) is 13.8 Å². The van der Waals surface area contributed by atoms with E-state index < -0.39 is 41.6 Å². The third-order valence-corrected chi connectivity index (χ3v) is 9.45. The number of aliphatic hydroxyl groups is 1. The molecule has 0 saturated carbocycles. The standard InChI is InChI=1S/C30H39BrN2O7/c1-6-9-15-39-29(37)23-24-27(35)33(22(17-34)18(4)8-3)26(30(24)16-21(31)25(23)40-30)28(36)32(14-7-2)19-10-12-20(38-5)13-11-19/h6-7,10-13,18,21-26,34H,1-2,8-9,14-17H2,3-5H3/t18-,21?,22-,23-,24-,25-,26?,30?/m0/s1. The van der Waals surface area contributed by atoms with Crippen LogP contribution in [0.3, 0.4) is 0 Å². The molecule has 0 aliphatic carbocycles. The van der Waals surface area contributed by atoms with Gasteiger partial charge in [0.05, 0.1) is 44.3 Å². The van der Waals surface area contributed by atoms with E-state index in [0.717, 1.165) is 0 Å². The van der Waals surface area contributed by atoms with Crippen molar-refractivity contribution in [2.75, 3.05) is 31.8 Å². The minimum absolute atomic E-state index is 0.108. The number of alkyl halides is 1. The summed E-state index contributed by atoms with van der Waals surface area (Å²) in [5.41, 5.74) is -0.660. The van der Waals surface area contributed by atoms with E-state index in [2.05, 4.69) is 29.1 Å². The maximum absolute atomic E-state index is 14.6. The molecule has 3 heterocycles. The molecular weight excluding hydrogens is 580 g/mol. The molecule has 40 heavy (non-hydrogen) atoms. The smallest absolute Gasteiger partial charge is 0.312 e. The number of likely N-dealkylation sites (tertiary alicyclic amines) is 1. The van der Waals surface area contributed by atoms with Gasteiger partial charge in [-0.25, -0.2) is 0 Å². The Morgan fingerprint density at radius 3 is 2.58 bits per heavy atom. The minimum atomic E-state index is -1.26. The molecule has 9 nitrogen and oxygen atoms in total. The largest absolute Gasteiger partial charge is 0.497 e. The number of aliphatic hydroxyl groups excluding tert-OH is 1. The van der Waals surface area contributed by atoms with Crippen LogP contribution in [0.5, 0.6) is 5.75 Å². The molecule has 3 aliphatic rings. The number of nitrogens with zero attached hydrogens (tertiary/aromatic N) is 2. The van der Waals surface area contributed by atoms with Crippen LogP contribution in [0.25, 0.3) is 0 Å². The van der Waals surface area contributed by atoms with E-state index in [1.54, 1.807) is 48.4 Å². The predicted molar refractivity (Wildman–Crippen MR) is 154 cm³/mol. The highest BCUT2D eigenvalue weighted by Crippen LogP contribution is 2.61. The molecule has 8 atom stereocenters. The summed E-state index contributed by atoms with van der Waals surface area (Å²) in [6, 6.07) is 5.36. The highest BCUT2D eigenvalue weighted by molar-refractivity contribution is 9.09. The van der Waals surface area contributed by atoms with Crippen molar-refractivity contribution in [2.24, 2.45) is 17.8 Å². The lowest BCUT2D eigenvalue weighted by Crippen LogP contribution is -2.60. The van der Waals surface area contributed by atoms with E-state index >= 15 is 0 Å². The molecule has 1 spiro atoms. The maximum atomic E-state index is 14.6. The number of ether oxygens (including phenoxy) is 3. The van der Waals surface area contributed by atoms with Crippen LogP contribution in [0.1, 0.15) is 33.1 Å². The molecule has 218 valence electrons. The van der Waals surface area contributed by atoms with Gasteiger partial charge < -0.3 is 29.1 Å². The first kappa shape index (κ1) is 30.3. The second kappa shape index (κ2) is 12.4. The zero-order valence-corrected chi connectivity index (χ0v) is 24.9. The SMILES string of the molecule is C=CCCOC(=O)[C@H]1[C@H]2C(=O)N([C@@H](CO)[C@@H](C)CC)C(C(=O)N(CC=C)c3ccc(OC)cc3)C23CC(Br)[C@@H]1O3. The molecule has 4 rings (SSSR count). The average molecular weight is 620 g/mol. The van der Waals surface area contributed by atoms with Gasteiger partial charge in [-0.05, 0) is 43.0 Å². The van der Waals surface area contributed by atoms with Gasteiger partial charge in [-0.15, -0.1) is 13.2 Å². The molecule has 1 aromatic rings. The highest BCUT2D eigenvalue weighted by atomic mass is 79.9. The fourth-order valence-electron chi connectivity index (χ4n) is 6.49. The maximum Gasteiger partial charge on any atom is 0.312 e. The van der Waals surface area contributed by atoms with Crippen molar-refractivity contribution in [1.29, 1.82) is 0 Å². The molecule has 0 radical (unpaired) electrons. The van der Waals surface area contributed by atoms with Crippen LogP contribution < -0.4 is 9.64 Å². The first-order valence-electron chi connectivity index (χ1n) is 13.8. The third kappa shape index (κ3) is 4.99. The van der Waals surface area contributed by atoms with Crippen LogP contribution in [0.15, 0.2) is 49.6 Å². The number of fused-ring (bicyclic) bond motifs is 1. The first-order valence-corrected chi connectivity index (χ1v) is 14.7. The molecular formula is C30H39BrN2O7. The van der Waals surface area contributed by atoms with Gasteiger partial charge in [0, 0.05) is 17.1 Å². The fraction of sp³-hybridized carbons (Fsp3) is 0.567. The number of carbonyl (C=O) groups is 3. The summed E-state index contributed by atoms with van der Waals surface area (Å²) < 4.78 is 17.4. The molecule has 2 amide bonds. The number of halogens is 1. The number of esters is 1. The predicted octanol–water partition coefficient (Wildman–Crippen LogP) is 3.49. The van der Waals surface area contributed by atoms with Gasteiger partial charge in [0.15, 0.2) is 0 Å². The van der Waals surface area contributed by atoms with Crippen molar-refractivity contribution in [3.05, 3.63) is 49.6 Å². The Kier molecular flexibility index (Phi) is 9.42. The van der Waals surface area contributed by atoms with Crippen LogP contribution in [0.2, 0.25) is 0 Å². The molecule has 1 aromatic carbocycles. The number of methoxy groups -OCH3 is 1. The van der Waals surface area contributed by atoms with E-state index in [9.17, 15) is 19.5 Å². The van der Waals surface area contributed by atoms with Gasteiger partial charge in [0.25, 0.3) is 5.91 Å². The van der Waals surface area contributed by atoms with E-state index in [4.69, 9.17) is 14.2 Å². The van der Waals surface area contributed by atoms with Crippen molar-refractivity contribution in [3.63, 3.8) is 0 Å². The van der Waals surface area contributed by atoms with Crippen LogP contribution in [-0.2, 0) is 23.9 Å². The zero-order valence-electron chi connectivity index (χ0n) is 23.3. The topological polar surface area (TPSA) is 106 Å². The molecule has 1 N–H and O–H groups in total. The normalized spacial score (nSPS) is 30.0. The highest BCUT2D eigenvalue weighted by Gasteiger charge is 2.77. The van der Waals surface area contributed by atoms with Crippen molar-refractivity contribution >= 4 is 39.4 Å². The number of amides is 2. The number of benzene rings is 1. The van der Waals surface area contributed by atoms with Crippen molar-refractivity contribution in [1.82, 2.24) is 4.90 Å². The molecule has 3 unspecified atom stereocenters. The molecule has 3 saturated heterocycles. The first-order chi connectivity index (χ1) is 19.2. The number of carbonyl (C=O) groups excluding carboxylic acids is 3. The summed E-state index contributed by atoms with van der Waals surface area (Å²) in [5.74, 6) is -2.49. The van der Waals surface area contributed by atoms with Crippen LogP contribution in [0, 0.1) is 17.8 Å². The van der Waals surface area contributed by atoms with Crippen LogP contribution >= 0.6 is 15.9 Å². The van der Waals surface area contributed by atoms with Crippen molar-refractivity contribution in [2.45, 2.75) is 61.7 Å². The van der Waals surface area contributed by atoms with Crippen molar-refractivity contribution in [3.8, 4) is 5.75 Å². The second-order valence-electron chi connectivity index (χ2n) is 10.7. The Morgan fingerprint density at radius 1 is 1.30 bits per heavy atom. The lowest BCUT2D eigenvalue weighted by atomic mass is 9.70. The van der Waals surface area contributed by atoms with Crippen LogP contribution in [-0.4, -0.2) is 83.3 Å². The molecule has 0 aromatic heterocycles. The Morgan fingerprint density at radius 2 is 2.00 bits per heavy atom. The number of hydrogen-bond acceptors (Lipinski definition) is 7. The number of anilines is 1. The Bertz CT molecular complexity index is 1130. The summed E-state index contributed by atoms with van der Waals surface area (Å²) in [5, 5.41) is 10.5. The van der Waals surface area contributed by atoms with Gasteiger partial charge >= 0.3 is 5.97 Å². The average Bonchev–Trinajstić information content (AvgIpc) is 3.55. The van der Waals surface area contributed by atoms with Gasteiger partial charge in [0.1, 0.15) is 17.4 Å². The number of rotatable bonds is 13. The second-order valence-corrected chi connectivity index (χ2v) is 11.9. The van der Waals surface area contributed by atoms with Gasteiger partial charge in [-0.1, -0.05) is 48.4 Å².